The quantitative estimate of drug-likeness (QED) is 0.184. The predicted octanol–water partition coefficient (Wildman–Crippen LogP) is 8.65. The Morgan fingerprint density at radius 1 is 0.809 bits per heavy atom. The zero-order valence-corrected chi connectivity index (χ0v) is 26.6. The Morgan fingerprint density at radius 3 is 2.51 bits per heavy atom. The normalized spacial score (nSPS) is 22.5. The molecule has 0 radical (unpaired) electrons. The highest BCUT2D eigenvalue weighted by molar-refractivity contribution is 6.11. The van der Waals surface area contributed by atoms with Gasteiger partial charge >= 0.3 is 0 Å². The van der Waals surface area contributed by atoms with Gasteiger partial charge in [-0.3, -0.25) is 0 Å². The molecule has 0 saturated heterocycles. The zero-order valence-electron chi connectivity index (χ0n) is 26.6. The molecule has 6 aromatic rings. The van der Waals surface area contributed by atoms with Gasteiger partial charge in [-0.1, -0.05) is 73.3 Å². The average Bonchev–Trinajstić information content (AvgIpc) is 3.75. The van der Waals surface area contributed by atoms with Crippen molar-refractivity contribution in [2.75, 3.05) is 28.8 Å². The lowest BCUT2D eigenvalue weighted by Crippen LogP contribution is -2.59. The number of aryl methyl sites for hydroxylation is 1. The van der Waals surface area contributed by atoms with Gasteiger partial charge in [0.15, 0.2) is 17.2 Å². The smallest absolute Gasteiger partial charge is 0.162 e. The molecule has 4 aliphatic heterocycles. The van der Waals surface area contributed by atoms with E-state index in [0.717, 1.165) is 73.6 Å². The lowest BCUT2D eigenvalue weighted by molar-refractivity contribution is 0.186. The number of furan rings is 1. The van der Waals surface area contributed by atoms with Crippen LogP contribution >= 0.6 is 0 Å². The minimum absolute atomic E-state index is 0.00500. The summed E-state index contributed by atoms with van der Waals surface area (Å²) in [4.78, 5) is 20.0. The third kappa shape index (κ3) is 3.51. The number of rotatable bonds is 1. The number of nitrogens with zero attached hydrogens (tertiary/aromatic N) is 6. The van der Waals surface area contributed by atoms with Crippen LogP contribution in [0, 0.1) is 12.8 Å². The molecule has 7 heteroatoms. The van der Waals surface area contributed by atoms with E-state index in [-0.39, 0.29) is 24.2 Å². The van der Waals surface area contributed by atoms with Crippen molar-refractivity contribution in [3.05, 3.63) is 127 Å². The van der Waals surface area contributed by atoms with E-state index in [4.69, 9.17) is 21.0 Å². The van der Waals surface area contributed by atoms with Crippen LogP contribution in [0.3, 0.4) is 0 Å². The van der Waals surface area contributed by atoms with Crippen LogP contribution in [0.25, 0.3) is 38.9 Å². The summed E-state index contributed by atoms with van der Waals surface area (Å²) in [6.07, 6.45) is 7.33. The number of hydrogen-bond donors (Lipinski definition) is 0. The van der Waals surface area contributed by atoms with Crippen molar-refractivity contribution < 1.29 is 4.42 Å². The molecular formula is C40H34N6O. The Labute approximate surface area is 273 Å². The first-order valence-corrected chi connectivity index (χ1v) is 16.3. The Kier molecular flexibility index (Phi) is 5.38. The molecular weight excluding hydrogens is 580 g/mol. The summed E-state index contributed by atoms with van der Waals surface area (Å²) in [5, 5.41) is 2.27. The standard InChI is InChI=1S/C40H34N6O/c1-23-11-5-6-12-26(23)37-41-22-32-38(42-37)46-31-15-9-7-13-27(31)30-21-24(2)25-17-18-29-28-14-8-10-16-33(28)47-36(29)35(25)45-20-19-43(3)39(45)34(30)40(46)44(32)4/h5-20,22,30,34,39-40H,2,21H2,1,3-4H3. The van der Waals surface area contributed by atoms with Gasteiger partial charge in [-0.25, -0.2) is 9.97 Å². The van der Waals surface area contributed by atoms with Gasteiger partial charge in [0, 0.05) is 65.9 Å². The van der Waals surface area contributed by atoms with Gasteiger partial charge in [0.2, 0.25) is 0 Å². The van der Waals surface area contributed by atoms with Crippen LogP contribution in [-0.4, -0.2) is 41.3 Å². The topological polar surface area (TPSA) is 51.9 Å². The molecule has 0 aliphatic carbocycles. The van der Waals surface area contributed by atoms with E-state index >= 15 is 0 Å². The Hall–Kier alpha value is -5.56. The largest absolute Gasteiger partial charge is 0.454 e. The van der Waals surface area contributed by atoms with Crippen LogP contribution in [0.15, 0.2) is 115 Å². The molecule has 47 heavy (non-hydrogen) atoms. The maximum atomic E-state index is 6.68. The Bertz CT molecular complexity index is 2320. The van der Waals surface area contributed by atoms with Crippen molar-refractivity contribution in [2.45, 2.75) is 31.6 Å². The second-order valence-electron chi connectivity index (χ2n) is 13.4. The van der Waals surface area contributed by atoms with E-state index in [0.29, 0.717) is 0 Å². The van der Waals surface area contributed by atoms with Crippen molar-refractivity contribution in [1.82, 2.24) is 14.9 Å². The minimum Gasteiger partial charge on any atom is -0.454 e. The summed E-state index contributed by atoms with van der Waals surface area (Å²) in [5.74, 6) is 2.08. The monoisotopic (exact) mass is 614 g/mol. The lowest BCUT2D eigenvalue weighted by Gasteiger charge is -2.52. The number of fused-ring (bicyclic) bond motifs is 16. The number of anilines is 4. The molecule has 0 fully saturated rings. The summed E-state index contributed by atoms with van der Waals surface area (Å²) < 4.78 is 6.68. The van der Waals surface area contributed by atoms with E-state index in [2.05, 4.69) is 132 Å². The van der Waals surface area contributed by atoms with Crippen LogP contribution in [-0.2, 0) is 0 Å². The molecule has 6 heterocycles. The number of benzene rings is 4. The highest BCUT2D eigenvalue weighted by Crippen LogP contribution is 2.58. The molecule has 10 rings (SSSR count). The number of hydrogen-bond acceptors (Lipinski definition) is 7. The first kappa shape index (κ1) is 26.6. The van der Waals surface area contributed by atoms with Crippen LogP contribution in [0.5, 0.6) is 0 Å². The van der Waals surface area contributed by atoms with Crippen LogP contribution < -0.4 is 14.7 Å². The first-order chi connectivity index (χ1) is 23.0. The third-order valence-electron chi connectivity index (χ3n) is 10.9. The minimum atomic E-state index is 0.00500. The fraction of sp³-hybridized carbons (Fsp3) is 0.200. The van der Waals surface area contributed by atoms with E-state index in [1.165, 1.54) is 11.3 Å². The average molecular weight is 615 g/mol. The molecule has 0 spiro atoms. The summed E-state index contributed by atoms with van der Waals surface area (Å²) in [7, 11) is 4.41. The van der Waals surface area contributed by atoms with Gasteiger partial charge in [-0.05, 0) is 48.2 Å². The molecule has 4 aliphatic rings. The van der Waals surface area contributed by atoms with Crippen LogP contribution in [0.4, 0.5) is 22.9 Å². The number of aromatic nitrogens is 2. The Balaban J connectivity index is 1.20. The molecule has 0 N–H and O–H groups in total. The molecule has 0 bridgehead atoms. The van der Waals surface area contributed by atoms with Crippen molar-refractivity contribution >= 4 is 50.4 Å². The highest BCUT2D eigenvalue weighted by Gasteiger charge is 2.55. The number of para-hydroxylation sites is 2. The van der Waals surface area contributed by atoms with Crippen molar-refractivity contribution in [1.29, 1.82) is 0 Å². The van der Waals surface area contributed by atoms with Gasteiger partial charge in [-0.2, -0.15) is 0 Å². The second-order valence-corrected chi connectivity index (χ2v) is 13.4. The molecule has 0 amide bonds. The van der Waals surface area contributed by atoms with E-state index in [1.54, 1.807) is 0 Å². The highest BCUT2D eigenvalue weighted by atomic mass is 16.3. The van der Waals surface area contributed by atoms with Gasteiger partial charge in [0.05, 0.1) is 11.9 Å². The van der Waals surface area contributed by atoms with E-state index in [1.807, 2.05) is 12.3 Å². The summed E-state index contributed by atoms with van der Waals surface area (Å²) in [5.41, 5.74) is 11.0. The molecule has 7 nitrogen and oxygen atoms in total. The van der Waals surface area contributed by atoms with Crippen molar-refractivity contribution in [3.8, 4) is 11.4 Å². The first-order valence-electron chi connectivity index (χ1n) is 16.3. The summed E-state index contributed by atoms with van der Waals surface area (Å²) in [6.45, 7) is 6.88. The zero-order chi connectivity index (χ0) is 31.6. The molecule has 230 valence electrons. The molecule has 2 aromatic heterocycles. The van der Waals surface area contributed by atoms with E-state index < -0.39 is 0 Å². The SMILES string of the molecule is C=C1CC2c3ccccc3N3c4nc(-c5ccccc5C)ncc4N(C)C3C2C2N(C)C=CN2c2c1ccc1c2oc2ccccc21. The number of allylic oxidation sites excluding steroid dienone is 1. The molecule has 4 atom stereocenters. The van der Waals surface area contributed by atoms with Crippen LogP contribution in [0.2, 0.25) is 0 Å². The summed E-state index contributed by atoms with van der Waals surface area (Å²) >= 11 is 0. The Morgan fingerprint density at radius 2 is 1.62 bits per heavy atom. The van der Waals surface area contributed by atoms with Crippen LogP contribution in [0.1, 0.15) is 29.0 Å². The third-order valence-corrected chi connectivity index (χ3v) is 10.9. The maximum absolute atomic E-state index is 6.68. The molecule has 0 saturated carbocycles. The predicted molar refractivity (Wildman–Crippen MR) is 190 cm³/mol. The van der Waals surface area contributed by atoms with Gasteiger partial charge in [0.1, 0.15) is 23.6 Å². The maximum Gasteiger partial charge on any atom is 0.162 e. The van der Waals surface area contributed by atoms with Gasteiger partial charge < -0.3 is 24.0 Å². The molecule has 4 aromatic carbocycles. The summed E-state index contributed by atoms with van der Waals surface area (Å²) in [6, 6.07) is 30.1. The van der Waals surface area contributed by atoms with Crippen molar-refractivity contribution in [3.63, 3.8) is 0 Å². The van der Waals surface area contributed by atoms with Gasteiger partial charge in [-0.15, -0.1) is 0 Å². The van der Waals surface area contributed by atoms with Crippen molar-refractivity contribution in [2.24, 2.45) is 5.92 Å². The van der Waals surface area contributed by atoms with Gasteiger partial charge in [0.25, 0.3) is 0 Å². The fourth-order valence-electron chi connectivity index (χ4n) is 8.82. The molecule has 4 unspecified atom stereocenters. The lowest BCUT2D eigenvalue weighted by atomic mass is 9.72. The fourth-order valence-corrected chi connectivity index (χ4v) is 8.82. The van der Waals surface area contributed by atoms with E-state index in [9.17, 15) is 0 Å². The second kappa shape index (κ2) is 9.48.